The third-order valence-corrected chi connectivity index (χ3v) is 4.74. The molecule has 1 saturated heterocycles. The van der Waals surface area contributed by atoms with Gasteiger partial charge in [0.15, 0.2) is 0 Å². The average molecular weight is 315 g/mol. The van der Waals surface area contributed by atoms with Gasteiger partial charge in [0.2, 0.25) is 0 Å². The Kier molecular flexibility index (Phi) is 5.03. The summed E-state index contributed by atoms with van der Waals surface area (Å²) in [5, 5.41) is 9.15. The molecule has 0 amide bonds. The first-order chi connectivity index (χ1) is 11.2. The average Bonchev–Trinajstić information content (AvgIpc) is 2.88. The van der Waals surface area contributed by atoms with Gasteiger partial charge in [0.05, 0.1) is 24.2 Å². The molecule has 0 bridgehead atoms. The molecule has 1 aliphatic rings. The summed E-state index contributed by atoms with van der Waals surface area (Å²) in [5.74, 6) is 1.54. The minimum absolute atomic E-state index is 0.234. The summed E-state index contributed by atoms with van der Waals surface area (Å²) in [6.45, 7) is 5.11. The van der Waals surface area contributed by atoms with Gasteiger partial charge in [0, 0.05) is 32.5 Å². The van der Waals surface area contributed by atoms with E-state index in [1.165, 1.54) is 12.8 Å². The molecule has 6 heteroatoms. The fraction of sp³-hybridized carbons (Fsp3) is 0.588. The maximum atomic E-state index is 9.15. The Bertz CT molecular complexity index is 652. The van der Waals surface area contributed by atoms with Gasteiger partial charge in [-0.2, -0.15) is 0 Å². The van der Waals surface area contributed by atoms with Crippen LogP contribution in [0.15, 0.2) is 18.6 Å². The second-order valence-corrected chi connectivity index (χ2v) is 6.34. The van der Waals surface area contributed by atoms with Crippen LogP contribution in [-0.2, 0) is 13.5 Å². The SMILES string of the molecule is Cc1ncc(-c2nccnc2C[C@H]2CCCN(CCO)C2)n1C. The molecule has 3 heterocycles. The summed E-state index contributed by atoms with van der Waals surface area (Å²) in [6.07, 6.45) is 8.72. The van der Waals surface area contributed by atoms with Crippen molar-refractivity contribution < 1.29 is 5.11 Å². The Balaban J connectivity index is 1.80. The minimum Gasteiger partial charge on any atom is -0.395 e. The molecule has 2 aromatic heterocycles. The molecule has 6 nitrogen and oxygen atoms in total. The zero-order valence-electron chi connectivity index (χ0n) is 13.9. The van der Waals surface area contributed by atoms with E-state index in [0.29, 0.717) is 5.92 Å². The molecule has 1 N–H and O–H groups in total. The highest BCUT2D eigenvalue weighted by Gasteiger charge is 2.22. The van der Waals surface area contributed by atoms with Gasteiger partial charge in [-0.15, -0.1) is 0 Å². The van der Waals surface area contributed by atoms with Crippen LogP contribution in [0.1, 0.15) is 24.4 Å². The van der Waals surface area contributed by atoms with Crippen LogP contribution in [0.25, 0.3) is 11.4 Å². The molecule has 1 fully saturated rings. The number of hydrogen-bond acceptors (Lipinski definition) is 5. The number of hydrogen-bond donors (Lipinski definition) is 1. The number of nitrogens with zero attached hydrogens (tertiary/aromatic N) is 5. The van der Waals surface area contributed by atoms with Gasteiger partial charge in [-0.3, -0.25) is 9.97 Å². The molecular weight excluding hydrogens is 290 g/mol. The highest BCUT2D eigenvalue weighted by Crippen LogP contribution is 2.25. The summed E-state index contributed by atoms with van der Waals surface area (Å²) in [7, 11) is 2.01. The van der Waals surface area contributed by atoms with Crippen molar-refractivity contribution in [2.24, 2.45) is 13.0 Å². The summed E-state index contributed by atoms with van der Waals surface area (Å²) < 4.78 is 2.06. The van der Waals surface area contributed by atoms with E-state index in [1.54, 1.807) is 12.4 Å². The number of aryl methyl sites for hydroxylation is 1. The predicted octanol–water partition coefficient (Wildman–Crippen LogP) is 1.43. The Labute approximate surface area is 137 Å². The summed E-state index contributed by atoms with van der Waals surface area (Å²) in [6, 6.07) is 0. The Morgan fingerprint density at radius 1 is 1.26 bits per heavy atom. The number of piperidine rings is 1. The monoisotopic (exact) mass is 315 g/mol. The molecule has 0 saturated carbocycles. The number of aliphatic hydroxyl groups excluding tert-OH is 1. The lowest BCUT2D eigenvalue weighted by Crippen LogP contribution is -2.38. The number of rotatable bonds is 5. The lowest BCUT2D eigenvalue weighted by Gasteiger charge is -2.32. The smallest absolute Gasteiger partial charge is 0.110 e. The summed E-state index contributed by atoms with van der Waals surface area (Å²) in [5.41, 5.74) is 3.01. The Morgan fingerprint density at radius 3 is 2.83 bits per heavy atom. The Hall–Kier alpha value is -1.79. The molecule has 23 heavy (non-hydrogen) atoms. The quantitative estimate of drug-likeness (QED) is 0.904. The molecule has 0 radical (unpaired) electrons. The van der Waals surface area contributed by atoms with Crippen molar-refractivity contribution in [3.05, 3.63) is 30.1 Å². The molecule has 3 rings (SSSR count). The fourth-order valence-electron chi connectivity index (χ4n) is 3.39. The molecule has 1 atom stereocenters. The number of likely N-dealkylation sites (tertiary alicyclic amines) is 1. The number of imidazole rings is 1. The normalized spacial score (nSPS) is 19.2. The van der Waals surface area contributed by atoms with Crippen molar-refractivity contribution in [2.45, 2.75) is 26.2 Å². The van der Waals surface area contributed by atoms with Crippen LogP contribution in [0.3, 0.4) is 0 Å². The maximum Gasteiger partial charge on any atom is 0.110 e. The van der Waals surface area contributed by atoms with Gasteiger partial charge in [-0.25, -0.2) is 4.98 Å². The topological polar surface area (TPSA) is 67.1 Å². The molecule has 0 aliphatic carbocycles. The second-order valence-electron chi connectivity index (χ2n) is 6.34. The van der Waals surface area contributed by atoms with Crippen LogP contribution in [0, 0.1) is 12.8 Å². The van der Waals surface area contributed by atoms with Gasteiger partial charge in [0.1, 0.15) is 11.5 Å². The van der Waals surface area contributed by atoms with E-state index < -0.39 is 0 Å². The summed E-state index contributed by atoms with van der Waals surface area (Å²) in [4.78, 5) is 15.9. The van der Waals surface area contributed by atoms with E-state index in [0.717, 1.165) is 49.0 Å². The first kappa shape index (κ1) is 16.1. The van der Waals surface area contributed by atoms with Gasteiger partial charge >= 0.3 is 0 Å². The second kappa shape index (κ2) is 7.19. The van der Waals surface area contributed by atoms with Crippen molar-refractivity contribution >= 4 is 0 Å². The van der Waals surface area contributed by atoms with E-state index in [1.807, 2.05) is 20.2 Å². The molecule has 0 aromatic carbocycles. The van der Waals surface area contributed by atoms with Crippen molar-refractivity contribution in [2.75, 3.05) is 26.2 Å². The van der Waals surface area contributed by atoms with Gasteiger partial charge in [-0.05, 0) is 38.6 Å². The predicted molar refractivity (Wildman–Crippen MR) is 88.9 cm³/mol. The van der Waals surface area contributed by atoms with E-state index in [-0.39, 0.29) is 6.61 Å². The standard InChI is InChI=1S/C17H25N5O/c1-13-20-11-16(21(13)2)17-15(18-5-6-19-17)10-14-4-3-7-22(12-14)8-9-23/h5-6,11,14,23H,3-4,7-10,12H2,1-2H3/t14-/m1/s1. The van der Waals surface area contributed by atoms with E-state index in [9.17, 15) is 0 Å². The van der Waals surface area contributed by atoms with Crippen molar-refractivity contribution in [3.63, 3.8) is 0 Å². The van der Waals surface area contributed by atoms with Gasteiger partial charge in [0.25, 0.3) is 0 Å². The molecule has 0 spiro atoms. The van der Waals surface area contributed by atoms with Crippen LogP contribution in [0.4, 0.5) is 0 Å². The van der Waals surface area contributed by atoms with Crippen LogP contribution in [0.5, 0.6) is 0 Å². The van der Waals surface area contributed by atoms with E-state index in [2.05, 4.69) is 24.4 Å². The molecule has 0 unspecified atom stereocenters. The van der Waals surface area contributed by atoms with E-state index >= 15 is 0 Å². The largest absolute Gasteiger partial charge is 0.395 e. The first-order valence-corrected chi connectivity index (χ1v) is 8.31. The third-order valence-electron chi connectivity index (χ3n) is 4.74. The highest BCUT2D eigenvalue weighted by molar-refractivity contribution is 5.57. The maximum absolute atomic E-state index is 9.15. The minimum atomic E-state index is 0.234. The molecule has 2 aromatic rings. The number of β-amino-alcohol motifs (C(OH)–C–C–N with tert-alkyl or cyclic N) is 1. The fourth-order valence-corrected chi connectivity index (χ4v) is 3.39. The van der Waals surface area contributed by atoms with Crippen LogP contribution < -0.4 is 0 Å². The zero-order chi connectivity index (χ0) is 16.2. The van der Waals surface area contributed by atoms with E-state index in [4.69, 9.17) is 5.11 Å². The van der Waals surface area contributed by atoms with Gasteiger partial charge < -0.3 is 14.6 Å². The molecular formula is C17H25N5O. The zero-order valence-corrected chi connectivity index (χ0v) is 13.9. The highest BCUT2D eigenvalue weighted by atomic mass is 16.3. The van der Waals surface area contributed by atoms with Crippen LogP contribution >= 0.6 is 0 Å². The molecule has 124 valence electrons. The lowest BCUT2D eigenvalue weighted by atomic mass is 9.92. The Morgan fingerprint density at radius 2 is 2.09 bits per heavy atom. The number of aromatic nitrogens is 4. The van der Waals surface area contributed by atoms with Crippen molar-refractivity contribution in [1.29, 1.82) is 0 Å². The van der Waals surface area contributed by atoms with Crippen LogP contribution in [-0.4, -0.2) is 55.8 Å². The van der Waals surface area contributed by atoms with Gasteiger partial charge in [-0.1, -0.05) is 0 Å². The van der Waals surface area contributed by atoms with Crippen molar-refractivity contribution in [1.82, 2.24) is 24.4 Å². The number of aliphatic hydroxyl groups is 1. The molecule has 1 aliphatic heterocycles. The first-order valence-electron chi connectivity index (χ1n) is 8.31. The van der Waals surface area contributed by atoms with Crippen molar-refractivity contribution in [3.8, 4) is 11.4 Å². The summed E-state index contributed by atoms with van der Waals surface area (Å²) >= 11 is 0. The third kappa shape index (κ3) is 3.59. The lowest BCUT2D eigenvalue weighted by molar-refractivity contribution is 0.139. The van der Waals surface area contributed by atoms with Crippen LogP contribution in [0.2, 0.25) is 0 Å².